The number of carbonyl (C=O) groups excluding carboxylic acids is 2. The van der Waals surface area contributed by atoms with E-state index >= 15 is 0 Å². The molecule has 0 aliphatic carbocycles. The van der Waals surface area contributed by atoms with Crippen LogP contribution in [0.3, 0.4) is 0 Å². The molecule has 2 rings (SSSR count). The minimum absolute atomic E-state index is 0.195. The van der Waals surface area contributed by atoms with Gasteiger partial charge < -0.3 is 4.74 Å². The molecule has 0 aliphatic rings. The molecule has 3 nitrogen and oxygen atoms in total. The number of Topliss-reactive ketones (excluding diaryl/α,β-unsaturated/α-hetero) is 1. The standard InChI is InChI=1S/C20H19BrO3/c1-13-9-15(3)18(10-14(13)2)19(22)12-24-20(23)8-7-16-5-4-6-17(21)11-16/h4-11H,12H2,1-3H3. The zero-order valence-electron chi connectivity index (χ0n) is 13.9. The molecular weight excluding hydrogens is 368 g/mol. The van der Waals surface area contributed by atoms with Crippen LogP contribution in [0.2, 0.25) is 0 Å². The number of rotatable bonds is 5. The van der Waals surface area contributed by atoms with Gasteiger partial charge in [-0.1, -0.05) is 34.1 Å². The molecular formula is C20H19BrO3. The summed E-state index contributed by atoms with van der Waals surface area (Å²) in [4.78, 5) is 24.0. The van der Waals surface area contributed by atoms with Crippen molar-refractivity contribution in [2.24, 2.45) is 0 Å². The van der Waals surface area contributed by atoms with Crippen molar-refractivity contribution < 1.29 is 14.3 Å². The van der Waals surface area contributed by atoms with Crippen LogP contribution in [0.5, 0.6) is 0 Å². The number of aryl methyl sites for hydroxylation is 3. The van der Waals surface area contributed by atoms with Crippen LogP contribution >= 0.6 is 15.9 Å². The van der Waals surface area contributed by atoms with E-state index in [1.165, 1.54) is 6.08 Å². The third kappa shape index (κ3) is 4.90. The molecule has 0 bridgehead atoms. The van der Waals surface area contributed by atoms with Crippen molar-refractivity contribution in [2.45, 2.75) is 20.8 Å². The lowest BCUT2D eigenvalue weighted by atomic mass is 9.98. The summed E-state index contributed by atoms with van der Waals surface area (Å²) in [5, 5.41) is 0. The van der Waals surface area contributed by atoms with E-state index in [0.29, 0.717) is 5.56 Å². The zero-order chi connectivity index (χ0) is 17.7. The Labute approximate surface area is 150 Å². The second-order valence-electron chi connectivity index (χ2n) is 5.67. The van der Waals surface area contributed by atoms with Crippen LogP contribution in [0.15, 0.2) is 46.9 Å². The van der Waals surface area contributed by atoms with Crippen molar-refractivity contribution in [3.63, 3.8) is 0 Å². The maximum atomic E-state index is 12.2. The molecule has 0 heterocycles. The minimum Gasteiger partial charge on any atom is -0.454 e. The van der Waals surface area contributed by atoms with Gasteiger partial charge in [-0.15, -0.1) is 0 Å². The molecule has 0 amide bonds. The van der Waals surface area contributed by atoms with E-state index in [1.807, 2.05) is 57.2 Å². The second kappa shape index (κ2) is 8.06. The summed E-state index contributed by atoms with van der Waals surface area (Å²) in [6, 6.07) is 11.3. The van der Waals surface area contributed by atoms with Gasteiger partial charge in [-0.2, -0.15) is 0 Å². The first-order valence-electron chi connectivity index (χ1n) is 7.58. The molecule has 0 radical (unpaired) electrons. The van der Waals surface area contributed by atoms with Crippen molar-refractivity contribution in [3.8, 4) is 0 Å². The van der Waals surface area contributed by atoms with Crippen molar-refractivity contribution in [1.82, 2.24) is 0 Å². The maximum Gasteiger partial charge on any atom is 0.331 e. The van der Waals surface area contributed by atoms with E-state index in [9.17, 15) is 9.59 Å². The Balaban J connectivity index is 1.96. The first-order valence-corrected chi connectivity index (χ1v) is 8.37. The van der Waals surface area contributed by atoms with E-state index < -0.39 is 5.97 Å². The SMILES string of the molecule is Cc1cc(C)c(C(=O)COC(=O)C=Cc2cccc(Br)c2)cc1C. The second-order valence-corrected chi connectivity index (χ2v) is 6.59. The molecule has 0 N–H and O–H groups in total. The fourth-order valence-corrected chi connectivity index (χ4v) is 2.71. The Hall–Kier alpha value is -2.20. The van der Waals surface area contributed by atoms with E-state index in [1.54, 1.807) is 6.08 Å². The van der Waals surface area contributed by atoms with E-state index in [2.05, 4.69) is 15.9 Å². The molecule has 0 saturated carbocycles. The summed E-state index contributed by atoms with van der Waals surface area (Å²) in [5.74, 6) is -0.732. The number of carbonyl (C=O) groups is 2. The van der Waals surface area contributed by atoms with Crippen LogP contribution in [-0.4, -0.2) is 18.4 Å². The lowest BCUT2D eigenvalue weighted by molar-refractivity contribution is -0.136. The minimum atomic E-state index is -0.537. The first kappa shape index (κ1) is 18.1. The van der Waals surface area contributed by atoms with Gasteiger partial charge in [-0.05, 0) is 67.3 Å². The van der Waals surface area contributed by atoms with Crippen LogP contribution in [0, 0.1) is 20.8 Å². The highest BCUT2D eigenvalue weighted by molar-refractivity contribution is 9.10. The van der Waals surface area contributed by atoms with E-state index in [4.69, 9.17) is 4.74 Å². The van der Waals surface area contributed by atoms with Crippen LogP contribution in [0.4, 0.5) is 0 Å². The number of hydrogen-bond donors (Lipinski definition) is 0. The number of esters is 1. The largest absolute Gasteiger partial charge is 0.454 e. The van der Waals surface area contributed by atoms with Crippen molar-refractivity contribution in [2.75, 3.05) is 6.61 Å². The highest BCUT2D eigenvalue weighted by Gasteiger charge is 2.12. The molecule has 0 unspecified atom stereocenters. The first-order chi connectivity index (χ1) is 11.4. The quantitative estimate of drug-likeness (QED) is 0.420. The third-order valence-corrected chi connectivity index (χ3v) is 4.24. The molecule has 0 saturated heterocycles. The van der Waals surface area contributed by atoms with Gasteiger partial charge in [0.05, 0.1) is 0 Å². The van der Waals surface area contributed by atoms with Crippen molar-refractivity contribution in [3.05, 3.63) is 74.8 Å². The van der Waals surface area contributed by atoms with Crippen LogP contribution in [0.25, 0.3) is 6.08 Å². The van der Waals surface area contributed by atoms with E-state index in [0.717, 1.165) is 26.7 Å². The fraction of sp³-hybridized carbons (Fsp3) is 0.200. The number of ketones is 1. The molecule has 124 valence electrons. The predicted molar refractivity (Wildman–Crippen MR) is 99.1 cm³/mol. The van der Waals surface area contributed by atoms with Gasteiger partial charge in [-0.25, -0.2) is 4.79 Å². The van der Waals surface area contributed by atoms with Gasteiger partial charge in [0, 0.05) is 16.1 Å². The summed E-state index contributed by atoms with van der Waals surface area (Å²) in [5.41, 5.74) is 4.55. The van der Waals surface area contributed by atoms with Gasteiger partial charge in [0.1, 0.15) is 0 Å². The third-order valence-electron chi connectivity index (χ3n) is 3.75. The maximum absolute atomic E-state index is 12.2. The van der Waals surface area contributed by atoms with Crippen molar-refractivity contribution >= 4 is 33.8 Å². The Morgan fingerprint density at radius 2 is 1.75 bits per heavy atom. The van der Waals surface area contributed by atoms with Gasteiger partial charge >= 0.3 is 5.97 Å². The summed E-state index contributed by atoms with van der Waals surface area (Å²) < 4.78 is 5.98. The summed E-state index contributed by atoms with van der Waals surface area (Å²) in [6.07, 6.45) is 2.97. The van der Waals surface area contributed by atoms with Gasteiger partial charge in [0.25, 0.3) is 0 Å². The van der Waals surface area contributed by atoms with Gasteiger partial charge in [0.2, 0.25) is 5.78 Å². The molecule has 0 spiro atoms. The number of benzene rings is 2. The number of hydrogen-bond acceptors (Lipinski definition) is 3. The Kier molecular flexibility index (Phi) is 6.10. The Morgan fingerprint density at radius 1 is 1.04 bits per heavy atom. The monoisotopic (exact) mass is 386 g/mol. The topological polar surface area (TPSA) is 43.4 Å². The van der Waals surface area contributed by atoms with Gasteiger partial charge in [-0.3, -0.25) is 4.79 Å². The molecule has 0 aromatic heterocycles. The molecule has 2 aromatic carbocycles. The fourth-order valence-electron chi connectivity index (χ4n) is 2.30. The molecule has 4 heteroatoms. The molecule has 24 heavy (non-hydrogen) atoms. The summed E-state index contributed by atoms with van der Waals surface area (Å²) in [7, 11) is 0. The highest BCUT2D eigenvalue weighted by atomic mass is 79.9. The predicted octanol–water partition coefficient (Wildman–Crippen LogP) is 4.81. The molecule has 0 aliphatic heterocycles. The van der Waals surface area contributed by atoms with Gasteiger partial charge in [0.15, 0.2) is 6.61 Å². The zero-order valence-corrected chi connectivity index (χ0v) is 15.5. The average molecular weight is 387 g/mol. The lowest BCUT2D eigenvalue weighted by Gasteiger charge is -2.09. The van der Waals surface area contributed by atoms with Crippen LogP contribution < -0.4 is 0 Å². The molecule has 2 aromatic rings. The normalized spacial score (nSPS) is 10.8. The van der Waals surface area contributed by atoms with Crippen molar-refractivity contribution in [1.29, 1.82) is 0 Å². The highest BCUT2D eigenvalue weighted by Crippen LogP contribution is 2.16. The average Bonchev–Trinajstić information content (AvgIpc) is 2.54. The smallest absolute Gasteiger partial charge is 0.331 e. The summed E-state index contributed by atoms with van der Waals surface area (Å²) in [6.45, 7) is 5.58. The van der Waals surface area contributed by atoms with E-state index in [-0.39, 0.29) is 12.4 Å². The Morgan fingerprint density at radius 3 is 2.46 bits per heavy atom. The Bertz CT molecular complexity index is 807. The lowest BCUT2D eigenvalue weighted by Crippen LogP contribution is -2.14. The number of ether oxygens (including phenoxy) is 1. The van der Waals surface area contributed by atoms with Crippen LogP contribution in [-0.2, 0) is 9.53 Å². The summed E-state index contributed by atoms with van der Waals surface area (Å²) >= 11 is 3.37. The molecule has 0 fully saturated rings. The number of halogens is 1. The molecule has 0 atom stereocenters. The van der Waals surface area contributed by atoms with Crippen LogP contribution in [0.1, 0.15) is 32.6 Å².